The molecule has 6 nitrogen and oxygen atoms in total. The maximum absolute atomic E-state index is 13.4. The number of hydrogen-bond acceptors (Lipinski definition) is 4. The number of carbonyl (C=O) groups excluding carboxylic acids is 2. The lowest BCUT2D eigenvalue weighted by Crippen LogP contribution is -2.49. The second-order valence-corrected chi connectivity index (χ2v) is 9.60. The number of benzene rings is 2. The van der Waals surface area contributed by atoms with Crippen LogP contribution in [0.15, 0.2) is 66.2 Å². The molecule has 0 aromatic heterocycles. The predicted molar refractivity (Wildman–Crippen MR) is 135 cm³/mol. The van der Waals surface area contributed by atoms with E-state index in [4.69, 9.17) is 0 Å². The fraction of sp³-hybridized carbons (Fsp3) is 0.393. The van der Waals surface area contributed by atoms with Crippen molar-refractivity contribution in [2.45, 2.75) is 50.6 Å². The highest BCUT2D eigenvalue weighted by atomic mass is 19.4. The lowest BCUT2D eigenvalue weighted by molar-refractivity contribution is -0.137. The Labute approximate surface area is 213 Å². The number of likely N-dealkylation sites (N-methyl/N-ethyl adjacent to an activating group) is 1. The van der Waals surface area contributed by atoms with E-state index in [-0.39, 0.29) is 0 Å². The monoisotopic (exact) mass is 513 g/mol. The number of allylic oxidation sites excluding steroid dienone is 1. The van der Waals surface area contributed by atoms with E-state index in [0.717, 1.165) is 25.0 Å². The maximum Gasteiger partial charge on any atom is 0.416 e. The Balaban J connectivity index is 1.69. The summed E-state index contributed by atoms with van der Waals surface area (Å²) in [6.45, 7) is 3.67. The van der Waals surface area contributed by atoms with Crippen molar-refractivity contribution in [2.75, 3.05) is 11.9 Å². The van der Waals surface area contributed by atoms with E-state index in [1.807, 2.05) is 0 Å². The van der Waals surface area contributed by atoms with Gasteiger partial charge < -0.3 is 15.3 Å². The average Bonchev–Trinajstić information content (AvgIpc) is 3.71. The number of aliphatic hydroxyl groups excluding tert-OH is 1. The molecule has 4 rings (SSSR count). The summed E-state index contributed by atoms with van der Waals surface area (Å²) >= 11 is 0. The number of aliphatic hydroxyl groups is 1. The standard InChI is InChI=1S/C28H30F3N3O3/c1-3-4-9-23(35)21(16-17-10-11-17)26(36)33-25-27(37)34(2)22-8-6-5-7-20(22)24(32-25)18-12-14-19(15-13-18)28(29,30)31/h3,5-8,12-15,17,21,23,25,35H,1,4,9-11,16H2,2H3,(H,33,36). The number of rotatable bonds is 9. The van der Waals surface area contributed by atoms with Crippen LogP contribution >= 0.6 is 0 Å². The van der Waals surface area contributed by atoms with Crippen LogP contribution in [0.1, 0.15) is 48.8 Å². The second kappa shape index (κ2) is 10.9. The van der Waals surface area contributed by atoms with Gasteiger partial charge in [-0.15, -0.1) is 6.58 Å². The van der Waals surface area contributed by atoms with Crippen LogP contribution < -0.4 is 10.2 Å². The van der Waals surface area contributed by atoms with Gasteiger partial charge in [0.1, 0.15) is 0 Å². The first-order valence-corrected chi connectivity index (χ1v) is 12.3. The summed E-state index contributed by atoms with van der Waals surface area (Å²) in [7, 11) is 1.56. The van der Waals surface area contributed by atoms with Gasteiger partial charge in [0.05, 0.1) is 29.0 Å². The van der Waals surface area contributed by atoms with Gasteiger partial charge in [0.15, 0.2) is 0 Å². The number of fused-ring (bicyclic) bond motifs is 1. The Kier molecular flexibility index (Phi) is 7.82. The molecule has 1 aliphatic heterocycles. The number of hydrogen-bond donors (Lipinski definition) is 2. The molecule has 0 bridgehead atoms. The molecule has 9 heteroatoms. The van der Waals surface area contributed by atoms with Crippen molar-refractivity contribution < 1.29 is 27.9 Å². The van der Waals surface area contributed by atoms with Gasteiger partial charge in [-0.3, -0.25) is 9.59 Å². The van der Waals surface area contributed by atoms with Crippen LogP contribution in [0, 0.1) is 11.8 Å². The largest absolute Gasteiger partial charge is 0.416 e. The average molecular weight is 514 g/mol. The SMILES string of the molecule is C=CCCC(O)C(CC1CC1)C(=O)NC1N=C(c2ccc(C(F)(F)F)cc2)c2ccccc2N(C)C1=O. The first kappa shape index (κ1) is 26.6. The van der Waals surface area contributed by atoms with Gasteiger partial charge in [0.25, 0.3) is 5.91 Å². The van der Waals surface area contributed by atoms with Gasteiger partial charge in [0, 0.05) is 18.2 Å². The van der Waals surface area contributed by atoms with Gasteiger partial charge in [-0.25, -0.2) is 4.99 Å². The number of nitrogens with one attached hydrogen (secondary N) is 1. The van der Waals surface area contributed by atoms with Gasteiger partial charge >= 0.3 is 6.18 Å². The second-order valence-electron chi connectivity index (χ2n) is 9.60. The molecule has 0 radical (unpaired) electrons. The zero-order valence-corrected chi connectivity index (χ0v) is 20.5. The van der Waals surface area contributed by atoms with Crippen LogP contribution in [-0.4, -0.2) is 41.9 Å². The molecule has 0 spiro atoms. The smallest absolute Gasteiger partial charge is 0.392 e. The topological polar surface area (TPSA) is 82.0 Å². The molecule has 196 valence electrons. The summed E-state index contributed by atoms with van der Waals surface area (Å²) in [5.74, 6) is -1.32. The number of aliphatic imine (C=N–C) groups is 1. The molecule has 2 aromatic rings. The van der Waals surface area contributed by atoms with Crippen LogP contribution in [0.3, 0.4) is 0 Å². The van der Waals surface area contributed by atoms with Gasteiger partial charge in [0.2, 0.25) is 12.1 Å². The Morgan fingerprint density at radius 2 is 1.89 bits per heavy atom. The number of alkyl halides is 3. The van der Waals surface area contributed by atoms with E-state index in [1.165, 1.54) is 17.0 Å². The molecular weight excluding hydrogens is 483 g/mol. The van der Waals surface area contributed by atoms with E-state index in [1.54, 1.807) is 37.4 Å². The van der Waals surface area contributed by atoms with Crippen LogP contribution in [0.2, 0.25) is 0 Å². The molecule has 1 saturated carbocycles. The summed E-state index contributed by atoms with van der Waals surface area (Å²) in [4.78, 5) is 32.7. The van der Waals surface area contributed by atoms with Crippen molar-refractivity contribution in [3.63, 3.8) is 0 Å². The molecule has 3 atom stereocenters. The molecule has 2 amide bonds. The molecule has 2 aliphatic rings. The fourth-order valence-corrected chi connectivity index (χ4v) is 4.55. The molecule has 1 aliphatic carbocycles. The van der Waals surface area contributed by atoms with E-state index in [2.05, 4.69) is 16.9 Å². The minimum Gasteiger partial charge on any atom is -0.392 e. The van der Waals surface area contributed by atoms with E-state index in [0.29, 0.717) is 47.7 Å². The Hall–Kier alpha value is -3.46. The van der Waals surface area contributed by atoms with Crippen LogP contribution in [0.25, 0.3) is 0 Å². The molecule has 3 unspecified atom stereocenters. The van der Waals surface area contributed by atoms with Crippen molar-refractivity contribution in [1.82, 2.24) is 5.32 Å². The number of carbonyl (C=O) groups is 2. The third-order valence-corrected chi connectivity index (χ3v) is 6.86. The predicted octanol–water partition coefficient (Wildman–Crippen LogP) is 4.70. The van der Waals surface area contributed by atoms with Gasteiger partial charge in [-0.2, -0.15) is 13.2 Å². The highest BCUT2D eigenvalue weighted by Gasteiger charge is 2.37. The summed E-state index contributed by atoms with van der Waals surface area (Å²) in [6, 6.07) is 11.5. The molecule has 1 fully saturated rings. The Bertz CT molecular complexity index is 1190. The first-order chi connectivity index (χ1) is 17.6. The minimum absolute atomic E-state index is 0.290. The third kappa shape index (κ3) is 6.10. The van der Waals surface area contributed by atoms with Crippen molar-refractivity contribution >= 4 is 23.2 Å². The summed E-state index contributed by atoms with van der Waals surface area (Å²) in [6.07, 6.45) is -1.60. The molecule has 37 heavy (non-hydrogen) atoms. The highest BCUT2D eigenvalue weighted by Crippen LogP contribution is 2.37. The highest BCUT2D eigenvalue weighted by molar-refractivity contribution is 6.20. The quantitative estimate of drug-likeness (QED) is 0.477. The number of halogens is 3. The maximum atomic E-state index is 13.4. The molecule has 2 aromatic carbocycles. The lowest BCUT2D eigenvalue weighted by atomic mass is 9.91. The van der Waals surface area contributed by atoms with Crippen molar-refractivity contribution in [2.24, 2.45) is 16.8 Å². The van der Waals surface area contributed by atoms with Crippen molar-refractivity contribution in [1.29, 1.82) is 0 Å². The zero-order valence-electron chi connectivity index (χ0n) is 20.5. The summed E-state index contributed by atoms with van der Waals surface area (Å²) in [5.41, 5.74) is 0.939. The number of amides is 2. The van der Waals surface area contributed by atoms with Crippen molar-refractivity contribution in [3.8, 4) is 0 Å². The number of benzodiazepines with no additional fused rings is 1. The number of para-hydroxylation sites is 1. The van der Waals surface area contributed by atoms with Crippen LogP contribution in [0.4, 0.5) is 18.9 Å². The van der Waals surface area contributed by atoms with E-state index >= 15 is 0 Å². The molecule has 2 N–H and O–H groups in total. The summed E-state index contributed by atoms with van der Waals surface area (Å²) in [5, 5.41) is 13.4. The lowest BCUT2D eigenvalue weighted by Gasteiger charge is -2.25. The normalized spacial score (nSPS) is 19.4. The number of anilines is 1. The summed E-state index contributed by atoms with van der Waals surface area (Å²) < 4.78 is 39.4. The van der Waals surface area contributed by atoms with Crippen LogP contribution in [0.5, 0.6) is 0 Å². The minimum atomic E-state index is -4.49. The van der Waals surface area contributed by atoms with Gasteiger partial charge in [-0.1, -0.05) is 49.2 Å². The Morgan fingerprint density at radius 1 is 1.22 bits per heavy atom. The van der Waals surface area contributed by atoms with E-state index < -0.39 is 41.7 Å². The molecule has 0 saturated heterocycles. The molecular formula is C28H30F3N3O3. The van der Waals surface area contributed by atoms with E-state index in [9.17, 15) is 27.9 Å². The zero-order chi connectivity index (χ0) is 26.7. The van der Waals surface area contributed by atoms with Crippen molar-refractivity contribution in [3.05, 3.63) is 77.9 Å². The first-order valence-electron chi connectivity index (χ1n) is 12.3. The Morgan fingerprint density at radius 3 is 2.51 bits per heavy atom. The number of nitrogens with zero attached hydrogens (tertiary/aromatic N) is 2. The third-order valence-electron chi connectivity index (χ3n) is 6.86. The van der Waals surface area contributed by atoms with Crippen LogP contribution in [-0.2, 0) is 15.8 Å². The molecule has 1 heterocycles. The van der Waals surface area contributed by atoms with Gasteiger partial charge in [-0.05, 0) is 43.4 Å². The fourth-order valence-electron chi connectivity index (χ4n) is 4.55.